The van der Waals surface area contributed by atoms with Gasteiger partial charge in [-0.05, 0) is 41.8 Å². The lowest BCUT2D eigenvalue weighted by molar-refractivity contribution is -0.255. The second-order valence-corrected chi connectivity index (χ2v) is 6.91. The Hall–Kier alpha value is -2.45. The third-order valence-corrected chi connectivity index (χ3v) is 4.93. The average molecular weight is 366 g/mol. The van der Waals surface area contributed by atoms with Crippen molar-refractivity contribution in [1.29, 1.82) is 0 Å². The van der Waals surface area contributed by atoms with E-state index < -0.39 is 32.3 Å². The van der Waals surface area contributed by atoms with Crippen LogP contribution in [0.2, 0.25) is 0 Å². The van der Waals surface area contributed by atoms with Gasteiger partial charge in [-0.25, -0.2) is 17.5 Å². The number of benzene rings is 2. The van der Waals surface area contributed by atoms with E-state index in [0.717, 1.165) is 30.2 Å². The zero-order valence-electron chi connectivity index (χ0n) is 13.5. The number of rotatable bonds is 8. The van der Waals surface area contributed by atoms with Crippen molar-refractivity contribution >= 4 is 16.0 Å². The first-order valence-electron chi connectivity index (χ1n) is 7.56. The summed E-state index contributed by atoms with van der Waals surface area (Å²) in [4.78, 5) is 10.0. The molecule has 0 radical (unpaired) electrons. The maximum absolute atomic E-state index is 13.7. The third kappa shape index (κ3) is 5.01. The molecule has 0 fully saturated rings. The highest BCUT2D eigenvalue weighted by Crippen LogP contribution is 2.16. The second-order valence-electron chi connectivity index (χ2n) is 5.18. The van der Waals surface area contributed by atoms with Crippen LogP contribution in [0.15, 0.2) is 47.4 Å². The van der Waals surface area contributed by atoms with Gasteiger partial charge in [-0.3, -0.25) is 0 Å². The average Bonchev–Trinajstić information content (AvgIpc) is 2.59. The molecule has 0 saturated heterocycles. The van der Waals surface area contributed by atoms with Crippen LogP contribution >= 0.6 is 0 Å². The van der Waals surface area contributed by atoms with Gasteiger partial charge in [0.15, 0.2) is 0 Å². The van der Waals surface area contributed by atoms with Crippen LogP contribution in [-0.4, -0.2) is 27.5 Å². The van der Waals surface area contributed by atoms with Crippen LogP contribution in [0.4, 0.5) is 4.39 Å². The number of carbonyl (C=O) groups is 1. The van der Waals surface area contributed by atoms with Crippen molar-refractivity contribution in [3.05, 3.63) is 59.4 Å². The number of nitrogens with one attached hydrogen (secondary N) is 1. The highest BCUT2D eigenvalue weighted by Gasteiger charge is 2.19. The molecule has 2 rings (SSSR count). The van der Waals surface area contributed by atoms with Crippen molar-refractivity contribution in [2.45, 2.75) is 18.2 Å². The molecule has 0 aliphatic heterocycles. The Labute approximate surface area is 145 Å². The molecule has 134 valence electrons. The Morgan fingerprint density at radius 1 is 1.20 bits per heavy atom. The predicted molar refractivity (Wildman–Crippen MR) is 87.2 cm³/mol. The quantitative estimate of drug-likeness (QED) is 0.706. The fraction of sp³-hybridized carbons (Fsp3) is 0.235. The lowest BCUT2D eigenvalue weighted by Gasteiger charge is -2.11. The molecule has 0 amide bonds. The first-order chi connectivity index (χ1) is 11.8. The molecule has 0 spiro atoms. The Balaban J connectivity index is 1.97. The molecule has 0 bridgehead atoms. The summed E-state index contributed by atoms with van der Waals surface area (Å²) in [5.41, 5.74) is 0.727. The molecule has 2 aromatic rings. The van der Waals surface area contributed by atoms with E-state index in [1.807, 2.05) is 19.1 Å². The molecule has 25 heavy (non-hydrogen) atoms. The van der Waals surface area contributed by atoms with E-state index >= 15 is 0 Å². The number of hydrogen-bond donors (Lipinski definition) is 1. The summed E-state index contributed by atoms with van der Waals surface area (Å²) in [5.74, 6) is -2.05. The number of carbonyl (C=O) groups excluding carboxylic acids is 1. The third-order valence-electron chi connectivity index (χ3n) is 3.45. The van der Waals surface area contributed by atoms with Crippen LogP contribution in [0.3, 0.4) is 0 Å². The number of ether oxygens (including phenoxy) is 1. The zero-order chi connectivity index (χ0) is 18.4. The van der Waals surface area contributed by atoms with Crippen molar-refractivity contribution in [2.75, 3.05) is 13.2 Å². The maximum atomic E-state index is 13.7. The van der Waals surface area contributed by atoms with Gasteiger partial charge >= 0.3 is 0 Å². The summed E-state index contributed by atoms with van der Waals surface area (Å²) in [5, 5.41) is 10.8. The van der Waals surface area contributed by atoms with E-state index in [9.17, 15) is 22.7 Å². The number of carboxylic acids is 1. The fourth-order valence-electron chi connectivity index (χ4n) is 2.08. The summed E-state index contributed by atoms with van der Waals surface area (Å²) in [6.45, 7) is 1.96. The lowest BCUT2D eigenvalue weighted by atomic mass is 10.2. The molecule has 0 heterocycles. The maximum Gasteiger partial charge on any atom is 0.243 e. The molecule has 1 N–H and O–H groups in total. The summed E-state index contributed by atoms with van der Waals surface area (Å²) >= 11 is 0. The largest absolute Gasteiger partial charge is 0.545 e. The van der Waals surface area contributed by atoms with Gasteiger partial charge in [0, 0.05) is 6.54 Å². The number of carboxylic acid groups (broad SMARTS) is 1. The number of hydrogen-bond acceptors (Lipinski definition) is 5. The topological polar surface area (TPSA) is 95.5 Å². The molecule has 0 saturated carbocycles. The molecule has 0 aliphatic rings. The molecule has 0 unspecified atom stereocenters. The highest BCUT2D eigenvalue weighted by molar-refractivity contribution is 7.89. The smallest absolute Gasteiger partial charge is 0.243 e. The minimum absolute atomic E-state index is 0.0342. The lowest BCUT2D eigenvalue weighted by Crippen LogP contribution is -2.29. The van der Waals surface area contributed by atoms with Gasteiger partial charge in [0.2, 0.25) is 10.0 Å². The first-order valence-corrected chi connectivity index (χ1v) is 9.04. The van der Waals surface area contributed by atoms with E-state index in [-0.39, 0.29) is 13.2 Å². The van der Waals surface area contributed by atoms with E-state index in [1.54, 1.807) is 12.1 Å². The van der Waals surface area contributed by atoms with Crippen LogP contribution in [0.25, 0.3) is 0 Å². The fourth-order valence-corrected chi connectivity index (χ4v) is 3.19. The van der Waals surface area contributed by atoms with Gasteiger partial charge in [-0.15, -0.1) is 0 Å². The van der Waals surface area contributed by atoms with Crippen molar-refractivity contribution in [1.82, 2.24) is 4.72 Å². The van der Waals surface area contributed by atoms with E-state index in [2.05, 4.69) is 4.72 Å². The Morgan fingerprint density at radius 2 is 1.88 bits per heavy atom. The molecular formula is C17H17FNO5S-. The van der Waals surface area contributed by atoms with Crippen LogP contribution in [0.1, 0.15) is 22.8 Å². The van der Waals surface area contributed by atoms with E-state index in [0.29, 0.717) is 5.75 Å². The van der Waals surface area contributed by atoms with E-state index in [1.165, 1.54) is 0 Å². The summed E-state index contributed by atoms with van der Waals surface area (Å²) in [6, 6.07) is 9.78. The summed E-state index contributed by atoms with van der Waals surface area (Å²) in [6.07, 6.45) is 0.899. The van der Waals surface area contributed by atoms with Crippen LogP contribution in [0, 0.1) is 5.82 Å². The summed E-state index contributed by atoms with van der Waals surface area (Å²) in [7, 11) is -4.21. The number of aromatic carboxylic acids is 1. The van der Waals surface area contributed by atoms with Crippen molar-refractivity contribution in [3.8, 4) is 5.75 Å². The summed E-state index contributed by atoms with van der Waals surface area (Å²) < 4.78 is 45.5. The number of halogens is 1. The molecule has 0 aliphatic carbocycles. The molecule has 0 aromatic heterocycles. The molecule has 2 aromatic carbocycles. The standard InChI is InChI=1S/C17H18FNO5S/c1-2-12-3-6-14(7-4-12)24-10-9-19-25(22,23)16-11-13(17(20)21)5-8-15(16)18/h3-8,11,19H,2,9-10H2,1H3,(H,20,21)/p-1. The van der Waals surface area contributed by atoms with E-state index in [4.69, 9.17) is 4.74 Å². The van der Waals surface area contributed by atoms with Crippen molar-refractivity contribution < 1.29 is 27.4 Å². The normalized spacial score (nSPS) is 11.3. The Morgan fingerprint density at radius 3 is 2.48 bits per heavy atom. The molecule has 8 heteroatoms. The van der Waals surface area contributed by atoms with Gasteiger partial charge in [0.25, 0.3) is 0 Å². The SMILES string of the molecule is CCc1ccc(OCCNS(=O)(=O)c2cc(C(=O)[O-])ccc2F)cc1. The Kier molecular flexibility index (Phi) is 6.11. The van der Waals surface area contributed by atoms with Gasteiger partial charge < -0.3 is 14.6 Å². The van der Waals surface area contributed by atoms with Gasteiger partial charge in [0.1, 0.15) is 23.1 Å². The van der Waals surface area contributed by atoms with Gasteiger partial charge in [-0.1, -0.05) is 25.1 Å². The zero-order valence-corrected chi connectivity index (χ0v) is 14.3. The molecule has 0 atom stereocenters. The predicted octanol–water partition coefficient (Wildman–Crippen LogP) is 1.11. The first kappa shape index (κ1) is 18.9. The molecule has 6 nitrogen and oxygen atoms in total. The number of sulfonamides is 1. The Bertz CT molecular complexity index is 850. The van der Waals surface area contributed by atoms with Crippen LogP contribution < -0.4 is 14.6 Å². The molecular weight excluding hydrogens is 349 g/mol. The monoisotopic (exact) mass is 366 g/mol. The van der Waals surface area contributed by atoms with Crippen LogP contribution in [0.5, 0.6) is 5.75 Å². The highest BCUT2D eigenvalue weighted by atomic mass is 32.2. The van der Waals surface area contributed by atoms with Gasteiger partial charge in [0.05, 0.1) is 5.97 Å². The minimum atomic E-state index is -4.21. The number of aryl methyl sites for hydroxylation is 1. The minimum Gasteiger partial charge on any atom is -0.545 e. The van der Waals surface area contributed by atoms with Crippen LogP contribution in [-0.2, 0) is 16.4 Å². The van der Waals surface area contributed by atoms with Gasteiger partial charge in [-0.2, -0.15) is 0 Å². The van der Waals surface area contributed by atoms with Crippen molar-refractivity contribution in [2.24, 2.45) is 0 Å². The van der Waals surface area contributed by atoms with Crippen molar-refractivity contribution in [3.63, 3.8) is 0 Å². The second kappa shape index (κ2) is 8.09.